The van der Waals surface area contributed by atoms with Gasteiger partial charge in [0.15, 0.2) is 16.6 Å². The van der Waals surface area contributed by atoms with Crippen LogP contribution in [0.4, 0.5) is 5.13 Å². The lowest BCUT2D eigenvalue weighted by molar-refractivity contribution is 0.0687. The Morgan fingerprint density at radius 3 is 2.29 bits per heavy atom. The number of aromatic carboxylic acids is 1. The minimum atomic E-state index is -1.17. The van der Waals surface area contributed by atoms with Crippen LogP contribution in [-0.2, 0) is 0 Å². The minimum absolute atomic E-state index is 0.161. The average molecular weight is 214 g/mol. The maximum Gasteiger partial charge on any atom is 0.356 e. The molecule has 14 heavy (non-hydrogen) atoms. The molecule has 1 heterocycles. The third kappa shape index (κ3) is 1.90. The Morgan fingerprint density at radius 2 is 2.00 bits per heavy atom. The highest BCUT2D eigenvalue weighted by molar-refractivity contribution is 7.17. The summed E-state index contributed by atoms with van der Waals surface area (Å²) >= 11 is 1.09. The van der Waals surface area contributed by atoms with Crippen molar-refractivity contribution < 1.29 is 14.7 Å². The lowest BCUT2D eigenvalue weighted by atomic mass is 10.3. The van der Waals surface area contributed by atoms with E-state index in [1.807, 2.05) is 0 Å². The van der Waals surface area contributed by atoms with Gasteiger partial charge in [0.1, 0.15) is 4.88 Å². The van der Waals surface area contributed by atoms with E-state index in [0.29, 0.717) is 5.13 Å². The first-order valence-electron chi connectivity index (χ1n) is 3.86. The number of hydrogen-bond acceptors (Lipinski definition) is 5. The number of Topliss-reactive ketones (excluding diaryl/α,β-unsaturated/α-hetero) is 1. The van der Waals surface area contributed by atoms with E-state index in [4.69, 9.17) is 5.11 Å². The van der Waals surface area contributed by atoms with Crippen LogP contribution in [0, 0.1) is 0 Å². The van der Waals surface area contributed by atoms with Crippen molar-refractivity contribution in [1.82, 2.24) is 4.98 Å². The summed E-state index contributed by atoms with van der Waals surface area (Å²) in [6.45, 7) is 1.33. The Balaban J connectivity index is 3.26. The summed E-state index contributed by atoms with van der Waals surface area (Å²) in [5.74, 6) is -1.44. The highest BCUT2D eigenvalue weighted by atomic mass is 32.1. The van der Waals surface area contributed by atoms with Crippen molar-refractivity contribution in [2.24, 2.45) is 0 Å². The van der Waals surface area contributed by atoms with Crippen molar-refractivity contribution in [3.05, 3.63) is 10.6 Å². The fourth-order valence-electron chi connectivity index (χ4n) is 0.884. The van der Waals surface area contributed by atoms with Gasteiger partial charge in [0.2, 0.25) is 0 Å². The zero-order valence-electron chi connectivity index (χ0n) is 8.07. The highest BCUT2D eigenvalue weighted by Crippen LogP contribution is 2.25. The molecule has 0 saturated heterocycles. The SMILES string of the molecule is CC(=O)c1sc(N(C)C)nc1C(=O)O. The maximum absolute atomic E-state index is 11.1. The van der Waals surface area contributed by atoms with E-state index >= 15 is 0 Å². The summed E-state index contributed by atoms with van der Waals surface area (Å²) in [5.41, 5.74) is -0.161. The molecule has 0 aliphatic carbocycles. The summed E-state index contributed by atoms with van der Waals surface area (Å²) in [4.78, 5) is 27.6. The summed E-state index contributed by atoms with van der Waals surface area (Å²) in [7, 11) is 3.49. The first-order chi connectivity index (χ1) is 6.43. The number of ketones is 1. The molecular formula is C8H10N2O3S. The van der Waals surface area contributed by atoms with Gasteiger partial charge in [-0.15, -0.1) is 0 Å². The summed E-state index contributed by atoms with van der Waals surface area (Å²) in [6.07, 6.45) is 0. The molecule has 1 N–H and O–H groups in total. The molecule has 0 saturated carbocycles. The monoisotopic (exact) mass is 214 g/mol. The summed E-state index contributed by atoms with van der Waals surface area (Å²) < 4.78 is 0. The molecule has 1 rings (SSSR count). The number of rotatable bonds is 3. The van der Waals surface area contributed by atoms with Crippen LogP contribution in [0.3, 0.4) is 0 Å². The largest absolute Gasteiger partial charge is 0.476 e. The van der Waals surface area contributed by atoms with E-state index in [1.54, 1.807) is 19.0 Å². The van der Waals surface area contributed by atoms with Crippen molar-refractivity contribution >= 4 is 28.2 Å². The lowest BCUT2D eigenvalue weighted by Crippen LogP contribution is -2.09. The molecule has 0 spiro atoms. The van der Waals surface area contributed by atoms with Crippen LogP contribution in [0.1, 0.15) is 27.1 Å². The minimum Gasteiger partial charge on any atom is -0.476 e. The van der Waals surface area contributed by atoms with Gasteiger partial charge in [-0.2, -0.15) is 0 Å². The Labute approximate surface area is 85.0 Å². The zero-order valence-corrected chi connectivity index (χ0v) is 8.88. The maximum atomic E-state index is 11.1. The predicted molar refractivity (Wildman–Crippen MR) is 53.4 cm³/mol. The first-order valence-corrected chi connectivity index (χ1v) is 4.67. The van der Waals surface area contributed by atoms with Crippen LogP contribution in [0.25, 0.3) is 0 Å². The van der Waals surface area contributed by atoms with Crippen molar-refractivity contribution in [3.63, 3.8) is 0 Å². The number of nitrogens with zero attached hydrogens (tertiary/aromatic N) is 2. The van der Waals surface area contributed by atoms with Gasteiger partial charge in [-0.3, -0.25) is 4.79 Å². The molecule has 5 nitrogen and oxygen atoms in total. The Bertz CT molecular complexity index is 352. The van der Waals surface area contributed by atoms with Crippen LogP contribution in [0.2, 0.25) is 0 Å². The quantitative estimate of drug-likeness (QED) is 0.763. The third-order valence-electron chi connectivity index (χ3n) is 1.52. The fourth-order valence-corrected chi connectivity index (χ4v) is 1.76. The summed E-state index contributed by atoms with van der Waals surface area (Å²) in [6, 6.07) is 0. The van der Waals surface area contributed by atoms with E-state index in [9.17, 15) is 9.59 Å². The molecule has 0 aliphatic rings. The number of aromatic nitrogens is 1. The van der Waals surface area contributed by atoms with Crippen LogP contribution >= 0.6 is 11.3 Å². The molecule has 0 amide bonds. The number of carbonyl (C=O) groups excluding carboxylic acids is 1. The second kappa shape index (κ2) is 3.75. The molecule has 0 aromatic carbocycles. The van der Waals surface area contributed by atoms with Gasteiger partial charge in [0.25, 0.3) is 0 Å². The summed E-state index contributed by atoms with van der Waals surface area (Å²) in [5, 5.41) is 9.30. The predicted octanol–water partition coefficient (Wildman–Crippen LogP) is 1.11. The molecule has 1 aromatic heterocycles. The topological polar surface area (TPSA) is 70.5 Å². The number of carboxylic acid groups (broad SMARTS) is 1. The van der Waals surface area contributed by atoms with Gasteiger partial charge in [0, 0.05) is 21.0 Å². The normalized spacial score (nSPS) is 9.93. The van der Waals surface area contributed by atoms with Crippen LogP contribution < -0.4 is 4.90 Å². The molecule has 0 fully saturated rings. The van der Waals surface area contributed by atoms with Gasteiger partial charge in [-0.25, -0.2) is 9.78 Å². The van der Waals surface area contributed by atoms with Crippen LogP contribution in [0.15, 0.2) is 0 Å². The standard InChI is InChI=1S/C8H10N2O3S/c1-4(11)6-5(7(12)13)9-8(14-6)10(2)3/h1-3H3,(H,12,13). The van der Waals surface area contributed by atoms with Crippen molar-refractivity contribution in [3.8, 4) is 0 Å². The van der Waals surface area contributed by atoms with Crippen molar-refractivity contribution in [1.29, 1.82) is 0 Å². The molecule has 76 valence electrons. The molecular weight excluding hydrogens is 204 g/mol. The van der Waals surface area contributed by atoms with Gasteiger partial charge in [-0.05, 0) is 0 Å². The number of thiazole rings is 1. The second-order valence-corrected chi connectivity index (χ2v) is 3.91. The number of hydrogen-bond donors (Lipinski definition) is 1. The first kappa shape index (κ1) is 10.6. The van der Waals surface area contributed by atoms with E-state index in [2.05, 4.69) is 4.98 Å². The molecule has 0 atom stereocenters. The van der Waals surface area contributed by atoms with Crippen molar-refractivity contribution in [2.75, 3.05) is 19.0 Å². The molecule has 0 unspecified atom stereocenters. The Hall–Kier alpha value is -1.43. The van der Waals surface area contributed by atoms with Gasteiger partial charge in [0.05, 0.1) is 0 Å². The molecule has 0 radical (unpaired) electrons. The van der Waals surface area contributed by atoms with E-state index in [0.717, 1.165) is 11.3 Å². The molecule has 6 heteroatoms. The number of carbonyl (C=O) groups is 2. The van der Waals surface area contributed by atoms with Crippen molar-refractivity contribution in [2.45, 2.75) is 6.92 Å². The van der Waals surface area contributed by atoms with E-state index in [-0.39, 0.29) is 16.4 Å². The Kier molecular flexibility index (Phi) is 2.85. The fraction of sp³-hybridized carbons (Fsp3) is 0.375. The number of carboxylic acids is 1. The Morgan fingerprint density at radius 1 is 1.43 bits per heavy atom. The zero-order chi connectivity index (χ0) is 10.9. The number of anilines is 1. The van der Waals surface area contributed by atoms with Crippen LogP contribution in [-0.4, -0.2) is 35.9 Å². The molecule has 0 aliphatic heterocycles. The highest BCUT2D eigenvalue weighted by Gasteiger charge is 2.20. The second-order valence-electron chi connectivity index (χ2n) is 2.93. The lowest BCUT2D eigenvalue weighted by Gasteiger charge is -2.04. The van der Waals surface area contributed by atoms with Gasteiger partial charge in [-0.1, -0.05) is 11.3 Å². The van der Waals surface area contributed by atoms with Gasteiger partial charge < -0.3 is 10.0 Å². The van der Waals surface area contributed by atoms with Gasteiger partial charge >= 0.3 is 5.97 Å². The van der Waals surface area contributed by atoms with E-state index < -0.39 is 5.97 Å². The van der Waals surface area contributed by atoms with E-state index in [1.165, 1.54) is 6.92 Å². The van der Waals surface area contributed by atoms with Crippen LogP contribution in [0.5, 0.6) is 0 Å². The molecule has 0 bridgehead atoms. The molecule has 1 aromatic rings. The average Bonchev–Trinajstić information content (AvgIpc) is 2.47. The third-order valence-corrected chi connectivity index (χ3v) is 2.84. The smallest absolute Gasteiger partial charge is 0.356 e.